The molecule has 0 saturated heterocycles. The zero-order chi connectivity index (χ0) is 29.3. The van der Waals surface area contributed by atoms with E-state index in [0.717, 1.165) is 0 Å². The first-order chi connectivity index (χ1) is 17.8. The summed E-state index contributed by atoms with van der Waals surface area (Å²) in [5, 5.41) is 24.1. The average Bonchev–Trinajstić information content (AvgIpc) is 3.39. The van der Waals surface area contributed by atoms with Crippen LogP contribution in [0.1, 0.15) is 49.9 Å². The number of aryl methyl sites for hydroxylation is 2. The van der Waals surface area contributed by atoms with Crippen LogP contribution >= 0.6 is 0 Å². The summed E-state index contributed by atoms with van der Waals surface area (Å²) >= 11 is 1.74. The third-order valence-corrected chi connectivity index (χ3v) is 4.70. The molecule has 4 aromatic carbocycles. The first-order valence-corrected chi connectivity index (χ1v) is 18.7. The Labute approximate surface area is 245 Å². The molecule has 0 spiro atoms. The number of fused-ring (bicyclic) bond motifs is 2. The van der Waals surface area contributed by atoms with Crippen LogP contribution in [0.15, 0.2) is 97.5 Å². The van der Waals surface area contributed by atoms with Crippen molar-refractivity contribution < 1.29 is 33.5 Å². The van der Waals surface area contributed by atoms with E-state index in [-0.39, 0.29) is 17.0 Å². The molecule has 0 saturated carbocycles. The van der Waals surface area contributed by atoms with Crippen molar-refractivity contribution in [2.45, 2.75) is 54.6 Å². The third-order valence-electron chi connectivity index (χ3n) is 4.70. The van der Waals surface area contributed by atoms with Crippen molar-refractivity contribution in [3.05, 3.63) is 120 Å². The van der Waals surface area contributed by atoms with Crippen LogP contribution < -0.4 is 10.2 Å². The van der Waals surface area contributed by atoms with Gasteiger partial charge in [-0.15, -0.1) is 118 Å². The van der Waals surface area contributed by atoms with Crippen molar-refractivity contribution in [1.82, 2.24) is 0 Å². The van der Waals surface area contributed by atoms with E-state index in [2.05, 4.69) is 125 Å². The van der Waals surface area contributed by atoms with Crippen molar-refractivity contribution in [3.63, 3.8) is 0 Å². The molecule has 0 heterocycles. The molecule has 2 nitrogen and oxygen atoms in total. The standard InChI is InChI=1S/2C13H13.2C3H6O.C2H6Si.Zr/c2*1-3-5-11-8-12-7-4-6-10(2)13(12)9-11;2*1-3(2)4;1-3-2;/h2*3-9H,1-2H3;2*4H,1H2,2H3;1-2H3;/q2*-1;;;;+2/p-2. The first-order valence-electron chi connectivity index (χ1n) is 12.6. The molecule has 4 heteroatoms. The molecule has 0 bridgehead atoms. The van der Waals surface area contributed by atoms with Gasteiger partial charge in [0.05, 0.1) is 0 Å². The van der Waals surface area contributed by atoms with Gasteiger partial charge < -0.3 is 10.2 Å². The average molecular weight is 602 g/mol. The molecule has 0 unspecified atom stereocenters. The van der Waals surface area contributed by atoms with Crippen molar-refractivity contribution in [3.8, 4) is 0 Å². The SMILES string of the molecule is C=C(C)[O-].C=C(C)[O-].CC=Cc1cc2c(C)cccc2[cH-]1.CC=Cc1cc2c(C)cccc2[cH-]1.C[Si](C)=[Zr+2]. The fourth-order valence-electron chi connectivity index (χ4n) is 3.41. The van der Waals surface area contributed by atoms with Crippen LogP contribution in [0.2, 0.25) is 13.1 Å². The van der Waals surface area contributed by atoms with Crippen LogP contribution in [-0.4, -0.2) is 5.43 Å². The van der Waals surface area contributed by atoms with Crippen molar-refractivity contribution >= 4 is 39.1 Å². The van der Waals surface area contributed by atoms with Gasteiger partial charge >= 0.3 is 41.9 Å². The van der Waals surface area contributed by atoms with Gasteiger partial charge in [-0.1, -0.05) is 63.1 Å². The summed E-state index contributed by atoms with van der Waals surface area (Å²) < 4.78 is 0. The summed E-state index contributed by atoms with van der Waals surface area (Å²) in [6.07, 6.45) is 8.42. The Balaban J connectivity index is 0.000000512. The van der Waals surface area contributed by atoms with E-state index in [1.165, 1.54) is 57.6 Å². The molecule has 0 radical (unpaired) electrons. The molecule has 0 aromatic heterocycles. The molecular weight excluding hydrogens is 560 g/mol. The van der Waals surface area contributed by atoms with Crippen LogP contribution in [0.5, 0.6) is 0 Å². The second kappa shape index (κ2) is 19.4. The topological polar surface area (TPSA) is 46.1 Å². The quantitative estimate of drug-likeness (QED) is 0.132. The molecule has 0 fully saturated rings. The molecule has 0 aliphatic carbocycles. The molecule has 4 rings (SSSR count). The summed E-state index contributed by atoms with van der Waals surface area (Å²) in [6, 6.07) is 21.8. The number of rotatable bonds is 2. The van der Waals surface area contributed by atoms with Crippen molar-refractivity contribution in [2.24, 2.45) is 0 Å². The molecule has 0 amide bonds. The first kappa shape index (κ1) is 35.3. The molecule has 0 aliphatic heterocycles. The van der Waals surface area contributed by atoms with Crippen molar-refractivity contribution in [1.29, 1.82) is 0 Å². The fraction of sp³-hybridized carbons (Fsp3) is 0.235. The van der Waals surface area contributed by atoms with E-state index < -0.39 is 0 Å². The summed E-state index contributed by atoms with van der Waals surface area (Å²) in [5.41, 5.74) is 5.52. The Hall–Kier alpha value is -2.68. The maximum absolute atomic E-state index is 9.33. The van der Waals surface area contributed by atoms with Gasteiger partial charge in [-0.25, -0.2) is 0 Å². The van der Waals surface area contributed by atoms with E-state index >= 15 is 0 Å². The fourth-order valence-corrected chi connectivity index (χ4v) is 3.41. The zero-order valence-corrected chi connectivity index (χ0v) is 27.8. The Morgan fingerprint density at radius 2 is 1.05 bits per heavy atom. The van der Waals surface area contributed by atoms with Gasteiger partial charge in [0.2, 0.25) is 0 Å². The Bertz CT molecular complexity index is 1240. The second-order valence-electron chi connectivity index (χ2n) is 9.14. The number of hydrogen-bond donors (Lipinski definition) is 0. The minimum atomic E-state index is -0.0833. The van der Waals surface area contributed by atoms with Crippen LogP contribution in [0.25, 0.3) is 33.7 Å². The molecular formula is C34H42O2SiZr-2. The molecule has 38 heavy (non-hydrogen) atoms. The van der Waals surface area contributed by atoms with Crippen molar-refractivity contribution in [2.75, 3.05) is 0 Å². The Kier molecular flexibility index (Phi) is 18.0. The summed E-state index contributed by atoms with van der Waals surface area (Å²) in [4.78, 5) is 0. The van der Waals surface area contributed by atoms with Gasteiger partial charge in [-0.3, -0.25) is 0 Å². The van der Waals surface area contributed by atoms with Gasteiger partial charge in [0.15, 0.2) is 0 Å². The number of benzene rings is 2. The predicted molar refractivity (Wildman–Crippen MR) is 165 cm³/mol. The van der Waals surface area contributed by atoms with E-state index in [4.69, 9.17) is 0 Å². The number of allylic oxidation sites excluding steroid dienone is 4. The van der Waals surface area contributed by atoms with E-state index in [1.54, 1.807) is 23.3 Å². The van der Waals surface area contributed by atoms with E-state index in [1.807, 2.05) is 13.8 Å². The van der Waals surface area contributed by atoms with E-state index in [9.17, 15) is 10.2 Å². The summed E-state index contributed by atoms with van der Waals surface area (Å²) in [5.74, 6) is -0.167. The van der Waals surface area contributed by atoms with Crippen LogP contribution in [0, 0.1) is 13.8 Å². The monoisotopic (exact) mass is 600 g/mol. The van der Waals surface area contributed by atoms with Gasteiger partial charge in [-0.05, 0) is 13.8 Å². The van der Waals surface area contributed by atoms with Crippen LogP contribution in [0.4, 0.5) is 0 Å². The molecule has 4 aromatic rings. The van der Waals surface area contributed by atoms with Gasteiger partial charge in [0, 0.05) is 0 Å². The maximum atomic E-state index is 9.33. The third kappa shape index (κ3) is 15.5. The van der Waals surface area contributed by atoms with Gasteiger partial charge in [0.1, 0.15) is 0 Å². The Morgan fingerprint density at radius 3 is 1.29 bits per heavy atom. The van der Waals surface area contributed by atoms with Crippen LogP contribution in [0.3, 0.4) is 0 Å². The molecule has 0 N–H and O–H groups in total. The second-order valence-corrected chi connectivity index (χ2v) is 18.5. The predicted octanol–water partition coefficient (Wildman–Crippen LogP) is 8.35. The summed E-state index contributed by atoms with van der Waals surface area (Å²) in [7, 11) is 0. The van der Waals surface area contributed by atoms with E-state index in [0.29, 0.717) is 0 Å². The normalized spacial score (nSPS) is 9.95. The van der Waals surface area contributed by atoms with Gasteiger partial charge in [-0.2, -0.15) is 0 Å². The summed E-state index contributed by atoms with van der Waals surface area (Å²) in [6.45, 7) is 21.9. The number of hydrogen-bond acceptors (Lipinski definition) is 2. The van der Waals surface area contributed by atoms with Gasteiger partial charge in [0.25, 0.3) is 0 Å². The zero-order valence-electron chi connectivity index (χ0n) is 24.3. The Morgan fingerprint density at radius 1 is 0.763 bits per heavy atom. The molecule has 0 atom stereocenters. The molecule has 0 aliphatic rings. The van der Waals surface area contributed by atoms with Crippen LogP contribution in [-0.2, 0) is 23.3 Å². The minimum absolute atomic E-state index is 0.0833. The molecule has 200 valence electrons.